The molecule has 90 valence electrons. The van der Waals surface area contributed by atoms with E-state index < -0.39 is 18.1 Å². The summed E-state index contributed by atoms with van der Waals surface area (Å²) in [6.45, 7) is 0. The second kappa shape index (κ2) is 4.55. The molecule has 0 saturated carbocycles. The van der Waals surface area contributed by atoms with E-state index in [0.717, 1.165) is 0 Å². The molecule has 0 spiro atoms. The minimum absolute atomic E-state index is 0.110. The first kappa shape index (κ1) is 11.6. The summed E-state index contributed by atoms with van der Waals surface area (Å²) in [5, 5.41) is 21.5. The highest BCUT2D eigenvalue weighted by molar-refractivity contribution is 5.90. The van der Waals surface area contributed by atoms with Gasteiger partial charge in [0.25, 0.3) is 0 Å². The third-order valence-electron chi connectivity index (χ3n) is 2.89. The van der Waals surface area contributed by atoms with Gasteiger partial charge in [0.1, 0.15) is 0 Å². The van der Waals surface area contributed by atoms with Crippen LogP contribution in [0.5, 0.6) is 0 Å². The lowest BCUT2D eigenvalue weighted by atomic mass is 9.91. The number of carbonyl (C=O) groups is 2. The van der Waals surface area contributed by atoms with Gasteiger partial charge in [-0.3, -0.25) is 4.79 Å². The average Bonchev–Trinajstić information content (AvgIpc) is 2.32. The third-order valence-corrected chi connectivity index (χ3v) is 2.89. The van der Waals surface area contributed by atoms with Gasteiger partial charge in [-0.1, -0.05) is 18.2 Å². The van der Waals surface area contributed by atoms with Crippen molar-refractivity contribution in [2.75, 3.05) is 0 Å². The first-order valence-electron chi connectivity index (χ1n) is 5.39. The number of aromatic carboxylic acids is 1. The average molecular weight is 235 g/mol. The Morgan fingerprint density at radius 3 is 2.76 bits per heavy atom. The number of benzene rings is 1. The van der Waals surface area contributed by atoms with Crippen LogP contribution in [0.3, 0.4) is 0 Å². The largest absolute Gasteiger partial charge is 0.478 e. The lowest BCUT2D eigenvalue weighted by Crippen LogP contribution is -2.42. The predicted octanol–water partition coefficient (Wildman–Crippen LogP) is 0.697. The highest BCUT2D eigenvalue weighted by Gasteiger charge is 2.30. The summed E-state index contributed by atoms with van der Waals surface area (Å²) < 4.78 is 0. The Hall–Kier alpha value is -1.88. The van der Waals surface area contributed by atoms with Gasteiger partial charge in [-0.15, -0.1) is 0 Å². The van der Waals surface area contributed by atoms with Crippen LogP contribution < -0.4 is 5.32 Å². The van der Waals surface area contributed by atoms with E-state index in [1.807, 2.05) is 0 Å². The maximum Gasteiger partial charge on any atom is 0.336 e. The molecule has 1 heterocycles. The lowest BCUT2D eigenvalue weighted by Gasteiger charge is -2.29. The maximum absolute atomic E-state index is 11.3. The topological polar surface area (TPSA) is 86.6 Å². The number of carbonyl (C=O) groups excluding carboxylic acids is 1. The summed E-state index contributed by atoms with van der Waals surface area (Å²) in [6.07, 6.45) is -0.120. The fraction of sp³-hybridized carbons (Fsp3) is 0.333. The SMILES string of the molecule is O=C1CCC(O)C(c2ccccc2C(=O)O)N1. The van der Waals surface area contributed by atoms with Crippen molar-refractivity contribution in [2.45, 2.75) is 25.0 Å². The minimum Gasteiger partial charge on any atom is -0.478 e. The molecule has 17 heavy (non-hydrogen) atoms. The van der Waals surface area contributed by atoms with E-state index in [4.69, 9.17) is 5.11 Å². The summed E-state index contributed by atoms with van der Waals surface area (Å²) in [5.74, 6) is -1.23. The van der Waals surface area contributed by atoms with Crippen LogP contribution in [0.2, 0.25) is 0 Å². The summed E-state index contributed by atoms with van der Waals surface area (Å²) >= 11 is 0. The van der Waals surface area contributed by atoms with Crippen molar-refractivity contribution in [3.8, 4) is 0 Å². The van der Waals surface area contributed by atoms with Gasteiger partial charge in [0, 0.05) is 6.42 Å². The summed E-state index contributed by atoms with van der Waals surface area (Å²) in [7, 11) is 0. The molecule has 5 heteroatoms. The number of aliphatic hydroxyl groups excluding tert-OH is 1. The molecule has 1 amide bonds. The van der Waals surface area contributed by atoms with Gasteiger partial charge in [0.2, 0.25) is 5.91 Å². The van der Waals surface area contributed by atoms with Crippen LogP contribution in [0.25, 0.3) is 0 Å². The zero-order chi connectivity index (χ0) is 12.4. The zero-order valence-corrected chi connectivity index (χ0v) is 9.09. The van der Waals surface area contributed by atoms with Gasteiger partial charge < -0.3 is 15.5 Å². The Labute approximate surface area is 98.1 Å². The molecule has 0 aromatic heterocycles. The second-order valence-electron chi connectivity index (χ2n) is 4.04. The quantitative estimate of drug-likeness (QED) is 0.704. The molecular formula is C12H13NO4. The van der Waals surface area contributed by atoms with Gasteiger partial charge in [-0.25, -0.2) is 4.79 Å². The van der Waals surface area contributed by atoms with Crippen molar-refractivity contribution in [3.63, 3.8) is 0 Å². The number of amides is 1. The van der Waals surface area contributed by atoms with E-state index in [1.54, 1.807) is 18.2 Å². The van der Waals surface area contributed by atoms with Crippen molar-refractivity contribution >= 4 is 11.9 Å². The van der Waals surface area contributed by atoms with E-state index in [1.165, 1.54) is 6.07 Å². The molecule has 0 bridgehead atoms. The number of carboxylic acids is 1. The molecule has 1 aromatic rings. The Kier molecular flexibility index (Phi) is 3.10. The molecule has 1 fully saturated rings. The van der Waals surface area contributed by atoms with Crippen molar-refractivity contribution in [1.82, 2.24) is 5.32 Å². The Morgan fingerprint density at radius 2 is 2.06 bits per heavy atom. The van der Waals surface area contributed by atoms with Gasteiger partial charge in [0.15, 0.2) is 0 Å². The number of aliphatic hydroxyl groups is 1. The number of nitrogens with one attached hydrogen (secondary N) is 1. The van der Waals surface area contributed by atoms with Crippen LogP contribution in [0.4, 0.5) is 0 Å². The molecule has 1 aliphatic heterocycles. The number of hydrogen-bond donors (Lipinski definition) is 3. The number of hydrogen-bond acceptors (Lipinski definition) is 3. The normalized spacial score (nSPS) is 24.2. The molecule has 1 saturated heterocycles. The Morgan fingerprint density at radius 1 is 1.35 bits per heavy atom. The highest BCUT2D eigenvalue weighted by Crippen LogP contribution is 2.26. The van der Waals surface area contributed by atoms with Crippen LogP contribution in [0, 0.1) is 0 Å². The standard InChI is InChI=1S/C12H13NO4/c14-9-5-6-10(15)13-11(9)7-3-1-2-4-8(7)12(16)17/h1-4,9,11,14H,5-6H2,(H,13,15)(H,16,17). The predicted molar refractivity (Wildman–Crippen MR) is 59.5 cm³/mol. The van der Waals surface area contributed by atoms with Crippen molar-refractivity contribution in [3.05, 3.63) is 35.4 Å². The molecule has 1 aliphatic rings. The van der Waals surface area contributed by atoms with E-state index in [2.05, 4.69) is 5.32 Å². The third kappa shape index (κ3) is 2.29. The first-order chi connectivity index (χ1) is 8.09. The van der Waals surface area contributed by atoms with E-state index in [-0.39, 0.29) is 17.9 Å². The van der Waals surface area contributed by atoms with E-state index in [9.17, 15) is 14.7 Å². The molecule has 2 rings (SSSR count). The van der Waals surface area contributed by atoms with Crippen LogP contribution >= 0.6 is 0 Å². The number of rotatable bonds is 2. The lowest BCUT2D eigenvalue weighted by molar-refractivity contribution is -0.126. The molecule has 2 atom stereocenters. The summed E-state index contributed by atoms with van der Waals surface area (Å²) in [6, 6.07) is 5.75. The van der Waals surface area contributed by atoms with Crippen molar-refractivity contribution in [1.29, 1.82) is 0 Å². The van der Waals surface area contributed by atoms with Crippen LogP contribution in [-0.2, 0) is 4.79 Å². The van der Waals surface area contributed by atoms with E-state index >= 15 is 0 Å². The van der Waals surface area contributed by atoms with Crippen LogP contribution in [0.1, 0.15) is 34.8 Å². The molecule has 5 nitrogen and oxygen atoms in total. The number of carboxylic acid groups (broad SMARTS) is 1. The van der Waals surface area contributed by atoms with Crippen LogP contribution in [-0.4, -0.2) is 28.2 Å². The molecular weight excluding hydrogens is 222 g/mol. The summed E-state index contributed by atoms with van der Waals surface area (Å²) in [5.41, 5.74) is 0.555. The fourth-order valence-corrected chi connectivity index (χ4v) is 2.04. The van der Waals surface area contributed by atoms with Gasteiger partial charge >= 0.3 is 5.97 Å². The molecule has 2 unspecified atom stereocenters. The summed E-state index contributed by atoms with van der Waals surface area (Å²) in [4.78, 5) is 22.4. The Balaban J connectivity index is 2.38. The van der Waals surface area contributed by atoms with Gasteiger partial charge in [0.05, 0.1) is 17.7 Å². The second-order valence-corrected chi connectivity index (χ2v) is 4.04. The number of piperidine rings is 1. The van der Waals surface area contributed by atoms with Gasteiger partial charge in [-0.05, 0) is 18.1 Å². The molecule has 1 aromatic carbocycles. The van der Waals surface area contributed by atoms with Crippen molar-refractivity contribution in [2.24, 2.45) is 0 Å². The smallest absolute Gasteiger partial charge is 0.336 e. The monoisotopic (exact) mass is 235 g/mol. The van der Waals surface area contributed by atoms with E-state index in [0.29, 0.717) is 12.0 Å². The minimum atomic E-state index is -1.06. The molecule has 0 aliphatic carbocycles. The Bertz CT molecular complexity index is 458. The van der Waals surface area contributed by atoms with Crippen LogP contribution in [0.15, 0.2) is 24.3 Å². The molecule has 0 radical (unpaired) electrons. The zero-order valence-electron chi connectivity index (χ0n) is 9.09. The highest BCUT2D eigenvalue weighted by atomic mass is 16.4. The molecule has 3 N–H and O–H groups in total. The fourth-order valence-electron chi connectivity index (χ4n) is 2.04. The van der Waals surface area contributed by atoms with Crippen molar-refractivity contribution < 1.29 is 19.8 Å². The first-order valence-corrected chi connectivity index (χ1v) is 5.39. The van der Waals surface area contributed by atoms with Gasteiger partial charge in [-0.2, -0.15) is 0 Å². The maximum atomic E-state index is 11.3.